The predicted molar refractivity (Wildman–Crippen MR) is 76.4 cm³/mol. The van der Waals surface area contributed by atoms with Gasteiger partial charge in [-0.05, 0) is 39.3 Å². The van der Waals surface area contributed by atoms with Crippen LogP contribution < -0.4 is 5.32 Å². The monoisotopic (exact) mass is 296 g/mol. The average Bonchev–Trinajstić information content (AvgIpc) is 3.16. The lowest BCUT2D eigenvalue weighted by Crippen LogP contribution is -2.32. The number of hydrogen-bond acceptors (Lipinski definition) is 6. The number of nitrogens with zero attached hydrogens (tertiary/aromatic N) is 3. The Hall–Kier alpha value is -1.47. The molecule has 2 heterocycles. The molecule has 0 aromatic carbocycles. The van der Waals surface area contributed by atoms with Crippen molar-refractivity contribution in [1.29, 1.82) is 0 Å². The van der Waals surface area contributed by atoms with Gasteiger partial charge in [-0.25, -0.2) is 0 Å². The Bertz CT molecular complexity index is 443. The molecule has 1 fully saturated rings. The van der Waals surface area contributed by atoms with Crippen molar-refractivity contribution >= 4 is 5.91 Å². The van der Waals surface area contributed by atoms with Crippen LogP contribution in [0.1, 0.15) is 44.3 Å². The van der Waals surface area contributed by atoms with E-state index < -0.39 is 0 Å². The summed E-state index contributed by atoms with van der Waals surface area (Å²) in [4.78, 5) is 18.2. The number of amides is 1. The van der Waals surface area contributed by atoms with Gasteiger partial charge in [-0.1, -0.05) is 5.16 Å². The van der Waals surface area contributed by atoms with Crippen LogP contribution in [0.4, 0.5) is 0 Å². The number of aliphatic hydroxyl groups excluding tert-OH is 1. The second-order valence-corrected chi connectivity index (χ2v) is 5.49. The molecule has 1 aromatic heterocycles. The van der Waals surface area contributed by atoms with Crippen LogP contribution in [0.5, 0.6) is 0 Å². The Morgan fingerprint density at radius 1 is 1.48 bits per heavy atom. The maximum absolute atomic E-state index is 11.8. The minimum atomic E-state index is -0.256. The Labute approximate surface area is 124 Å². The van der Waals surface area contributed by atoms with Gasteiger partial charge in [-0.3, -0.25) is 4.79 Å². The van der Waals surface area contributed by atoms with Gasteiger partial charge in [0.2, 0.25) is 5.91 Å². The van der Waals surface area contributed by atoms with Crippen LogP contribution in [0, 0.1) is 0 Å². The fourth-order valence-electron chi connectivity index (χ4n) is 2.56. The Morgan fingerprint density at radius 3 is 2.90 bits per heavy atom. The number of aliphatic hydroxyl groups is 1. The first-order chi connectivity index (χ1) is 10.2. The molecule has 0 radical (unpaired) electrons. The van der Waals surface area contributed by atoms with Gasteiger partial charge in [-0.2, -0.15) is 4.98 Å². The van der Waals surface area contributed by atoms with Gasteiger partial charge in [-0.15, -0.1) is 0 Å². The van der Waals surface area contributed by atoms with E-state index in [-0.39, 0.29) is 18.4 Å². The van der Waals surface area contributed by atoms with Crippen molar-refractivity contribution in [3.8, 4) is 0 Å². The van der Waals surface area contributed by atoms with E-state index in [0.29, 0.717) is 31.3 Å². The lowest BCUT2D eigenvalue weighted by molar-refractivity contribution is -0.121. The highest BCUT2D eigenvalue weighted by molar-refractivity contribution is 5.75. The largest absolute Gasteiger partial charge is 0.387 e. The van der Waals surface area contributed by atoms with Crippen LogP contribution in [0.15, 0.2) is 4.52 Å². The number of likely N-dealkylation sites (tertiary alicyclic amines) is 1. The van der Waals surface area contributed by atoms with Gasteiger partial charge in [0.05, 0.1) is 0 Å². The molecule has 0 aliphatic carbocycles. The summed E-state index contributed by atoms with van der Waals surface area (Å²) in [5.41, 5.74) is 0. The molecule has 118 valence electrons. The third-order valence-electron chi connectivity index (χ3n) is 3.87. The van der Waals surface area contributed by atoms with Crippen molar-refractivity contribution in [3.63, 3.8) is 0 Å². The van der Waals surface area contributed by atoms with E-state index >= 15 is 0 Å². The van der Waals surface area contributed by atoms with Crippen molar-refractivity contribution < 1.29 is 14.4 Å². The van der Waals surface area contributed by atoms with Gasteiger partial charge in [0.25, 0.3) is 5.89 Å². The smallest absolute Gasteiger partial charge is 0.252 e. The maximum atomic E-state index is 11.8. The Balaban J connectivity index is 1.58. The molecular weight excluding hydrogens is 272 g/mol. The van der Waals surface area contributed by atoms with Gasteiger partial charge in [0.15, 0.2) is 5.82 Å². The molecule has 0 saturated carbocycles. The van der Waals surface area contributed by atoms with E-state index in [9.17, 15) is 4.79 Å². The number of rotatable bonds is 8. The molecule has 1 saturated heterocycles. The Kier molecular flexibility index (Phi) is 6.13. The molecule has 7 heteroatoms. The molecule has 21 heavy (non-hydrogen) atoms. The molecule has 2 rings (SSSR count). The van der Waals surface area contributed by atoms with Gasteiger partial charge in [0, 0.05) is 25.4 Å². The lowest BCUT2D eigenvalue weighted by Gasteiger charge is -2.23. The van der Waals surface area contributed by atoms with E-state index in [4.69, 9.17) is 9.63 Å². The highest BCUT2D eigenvalue weighted by Gasteiger charge is 2.18. The molecule has 1 aliphatic rings. The Morgan fingerprint density at radius 2 is 2.24 bits per heavy atom. The van der Waals surface area contributed by atoms with E-state index in [1.807, 2.05) is 0 Å². The normalized spacial score (nSPS) is 17.0. The molecule has 0 unspecified atom stereocenters. The van der Waals surface area contributed by atoms with Crippen LogP contribution in [-0.2, 0) is 17.8 Å². The summed E-state index contributed by atoms with van der Waals surface area (Å²) in [7, 11) is 0. The number of nitrogens with one attached hydrogen (secondary N) is 1. The number of carbonyl (C=O) groups excluding carboxylic acids is 1. The van der Waals surface area contributed by atoms with Crippen molar-refractivity contribution in [1.82, 2.24) is 20.4 Å². The van der Waals surface area contributed by atoms with E-state index in [1.165, 1.54) is 12.8 Å². The highest BCUT2D eigenvalue weighted by Crippen LogP contribution is 2.14. The van der Waals surface area contributed by atoms with Crippen LogP contribution >= 0.6 is 0 Å². The van der Waals surface area contributed by atoms with Gasteiger partial charge in [0.1, 0.15) is 6.61 Å². The van der Waals surface area contributed by atoms with Crippen molar-refractivity contribution in [2.24, 2.45) is 0 Å². The molecule has 1 amide bonds. The number of hydrogen-bond donors (Lipinski definition) is 2. The minimum Gasteiger partial charge on any atom is -0.387 e. The lowest BCUT2D eigenvalue weighted by atomic mass is 10.1. The summed E-state index contributed by atoms with van der Waals surface area (Å²) < 4.78 is 4.78. The fraction of sp³-hybridized carbons (Fsp3) is 0.786. The molecule has 0 bridgehead atoms. The van der Waals surface area contributed by atoms with Crippen molar-refractivity contribution in [3.05, 3.63) is 11.7 Å². The number of aromatic nitrogens is 2. The van der Waals surface area contributed by atoms with E-state index in [0.717, 1.165) is 19.5 Å². The summed E-state index contributed by atoms with van der Waals surface area (Å²) in [6.45, 7) is 4.74. The zero-order valence-electron chi connectivity index (χ0n) is 12.5. The second kappa shape index (κ2) is 8.09. The van der Waals surface area contributed by atoms with E-state index in [1.54, 1.807) is 0 Å². The summed E-state index contributed by atoms with van der Waals surface area (Å²) in [6.07, 6.45) is 4.50. The third-order valence-corrected chi connectivity index (χ3v) is 3.87. The summed E-state index contributed by atoms with van der Waals surface area (Å²) >= 11 is 0. The summed E-state index contributed by atoms with van der Waals surface area (Å²) in [6, 6.07) is 0.475. The molecule has 1 atom stereocenters. The van der Waals surface area contributed by atoms with Crippen LogP contribution in [0.25, 0.3) is 0 Å². The first kappa shape index (κ1) is 15.9. The summed E-state index contributed by atoms with van der Waals surface area (Å²) in [5, 5.41) is 15.4. The molecule has 1 aromatic rings. The van der Waals surface area contributed by atoms with Crippen LogP contribution in [0.3, 0.4) is 0 Å². The summed E-state index contributed by atoms with van der Waals surface area (Å²) in [5.74, 6) is 0.771. The van der Waals surface area contributed by atoms with Crippen molar-refractivity contribution in [2.75, 3.05) is 19.6 Å². The van der Waals surface area contributed by atoms with Gasteiger partial charge < -0.3 is 19.8 Å². The fourth-order valence-corrected chi connectivity index (χ4v) is 2.56. The zero-order chi connectivity index (χ0) is 15.1. The molecular formula is C14H24N4O3. The zero-order valence-corrected chi connectivity index (χ0v) is 12.5. The first-order valence-electron chi connectivity index (χ1n) is 7.62. The topological polar surface area (TPSA) is 91.5 Å². The van der Waals surface area contributed by atoms with Crippen molar-refractivity contribution in [2.45, 2.75) is 51.7 Å². The standard InChI is InChI=1S/C14H24N4O3/c1-11(18-8-2-3-9-18)4-5-13(20)15-7-6-12-16-14(10-19)21-17-12/h11,19H,2-10H2,1H3,(H,15,20)/t11-/m0/s1. The van der Waals surface area contributed by atoms with Crippen LogP contribution in [0.2, 0.25) is 0 Å². The predicted octanol–water partition coefficient (Wildman–Crippen LogP) is 0.485. The third kappa shape index (κ3) is 5.09. The molecule has 7 nitrogen and oxygen atoms in total. The quantitative estimate of drug-likeness (QED) is 0.725. The minimum absolute atomic E-state index is 0.0620. The second-order valence-electron chi connectivity index (χ2n) is 5.49. The number of carbonyl (C=O) groups is 1. The molecule has 1 aliphatic heterocycles. The van der Waals surface area contributed by atoms with E-state index in [2.05, 4.69) is 27.3 Å². The maximum Gasteiger partial charge on any atom is 0.252 e. The highest BCUT2D eigenvalue weighted by atomic mass is 16.5. The SMILES string of the molecule is C[C@@H](CCC(=O)NCCc1noc(CO)n1)N1CCCC1. The average molecular weight is 296 g/mol. The van der Waals surface area contributed by atoms with Gasteiger partial charge >= 0.3 is 0 Å². The molecule has 2 N–H and O–H groups in total. The first-order valence-corrected chi connectivity index (χ1v) is 7.62. The van der Waals surface area contributed by atoms with Crippen LogP contribution in [-0.4, -0.2) is 51.7 Å². The molecule has 0 spiro atoms.